The van der Waals surface area contributed by atoms with Gasteiger partial charge in [-0.25, -0.2) is 14.8 Å². The van der Waals surface area contributed by atoms with Crippen LogP contribution in [0.25, 0.3) is 0 Å². The van der Waals surface area contributed by atoms with Crippen LogP contribution in [0.15, 0.2) is 6.33 Å². The first-order chi connectivity index (χ1) is 13.2. The van der Waals surface area contributed by atoms with Crippen LogP contribution in [-0.4, -0.2) is 83.9 Å². The van der Waals surface area contributed by atoms with E-state index < -0.39 is 5.60 Å². The molecule has 0 N–H and O–H groups in total. The van der Waals surface area contributed by atoms with Crippen molar-refractivity contribution in [1.29, 1.82) is 0 Å². The predicted octanol–water partition coefficient (Wildman–Crippen LogP) is 2.32. The summed E-state index contributed by atoms with van der Waals surface area (Å²) in [5.41, 5.74) is 0.518. The van der Waals surface area contributed by atoms with E-state index >= 15 is 0 Å². The van der Waals surface area contributed by atoms with Gasteiger partial charge in [0.1, 0.15) is 23.9 Å². The number of hydrogen-bond donors (Lipinski definition) is 0. The highest BCUT2D eigenvalue weighted by Gasteiger charge is 2.28. The molecule has 2 fully saturated rings. The van der Waals surface area contributed by atoms with Crippen LogP contribution in [0.3, 0.4) is 0 Å². The molecule has 1 aromatic heterocycles. The molecule has 0 aromatic carbocycles. The van der Waals surface area contributed by atoms with Crippen molar-refractivity contribution in [2.75, 3.05) is 51.2 Å². The van der Waals surface area contributed by atoms with Crippen LogP contribution in [0.4, 0.5) is 10.6 Å². The topological polar surface area (TPSA) is 71.0 Å². The molecule has 2 aliphatic heterocycles. The van der Waals surface area contributed by atoms with Gasteiger partial charge >= 0.3 is 6.09 Å². The van der Waals surface area contributed by atoms with Crippen LogP contribution in [0.5, 0.6) is 5.88 Å². The minimum absolute atomic E-state index is 0.0487. The number of anilines is 1. The van der Waals surface area contributed by atoms with E-state index in [4.69, 9.17) is 9.47 Å². The Morgan fingerprint density at radius 1 is 1.07 bits per heavy atom. The number of carbonyl (C=O) groups is 1. The monoisotopic (exact) mass is 391 g/mol. The number of piperazine rings is 1. The average molecular weight is 392 g/mol. The maximum absolute atomic E-state index is 12.2. The van der Waals surface area contributed by atoms with Gasteiger partial charge in [0.15, 0.2) is 0 Å². The molecule has 8 nitrogen and oxygen atoms in total. The summed E-state index contributed by atoms with van der Waals surface area (Å²) in [5, 5.41) is 0. The molecule has 0 atom stereocenters. The summed E-state index contributed by atoms with van der Waals surface area (Å²) in [6, 6.07) is 0. The maximum Gasteiger partial charge on any atom is 0.410 e. The van der Waals surface area contributed by atoms with Gasteiger partial charge in [-0.15, -0.1) is 0 Å². The second-order valence-corrected chi connectivity index (χ2v) is 8.70. The Bertz CT molecular complexity index is 675. The fraction of sp³-hybridized carbons (Fsp3) is 0.750. The van der Waals surface area contributed by atoms with Gasteiger partial charge in [0, 0.05) is 52.1 Å². The largest absolute Gasteiger partial charge is 0.474 e. The molecule has 0 radical (unpaired) electrons. The third-order valence-corrected chi connectivity index (χ3v) is 5.19. The number of nitrogens with zero attached hydrogens (tertiary/aromatic N) is 5. The molecule has 1 aromatic rings. The van der Waals surface area contributed by atoms with Crippen LogP contribution in [0.2, 0.25) is 0 Å². The first kappa shape index (κ1) is 20.6. The van der Waals surface area contributed by atoms with Crippen molar-refractivity contribution in [1.82, 2.24) is 19.8 Å². The van der Waals surface area contributed by atoms with Gasteiger partial charge in [-0.2, -0.15) is 0 Å². The van der Waals surface area contributed by atoms with E-state index in [0.29, 0.717) is 19.0 Å². The van der Waals surface area contributed by atoms with Crippen LogP contribution >= 0.6 is 0 Å². The molecule has 28 heavy (non-hydrogen) atoms. The summed E-state index contributed by atoms with van der Waals surface area (Å²) in [5.74, 6) is 1.61. The summed E-state index contributed by atoms with van der Waals surface area (Å²) in [4.78, 5) is 27.5. The summed E-state index contributed by atoms with van der Waals surface area (Å²) in [7, 11) is 2.14. The van der Waals surface area contributed by atoms with Crippen LogP contribution in [0.1, 0.15) is 39.2 Å². The number of amides is 1. The Balaban J connectivity index is 1.57. The Morgan fingerprint density at radius 3 is 2.32 bits per heavy atom. The van der Waals surface area contributed by atoms with Gasteiger partial charge in [-0.05, 0) is 34.7 Å². The lowest BCUT2D eigenvalue weighted by molar-refractivity contribution is 0.0122. The number of likely N-dealkylation sites (N-methyl/N-ethyl adjacent to an activating group) is 1. The number of rotatable bonds is 3. The molecule has 1 amide bonds. The summed E-state index contributed by atoms with van der Waals surface area (Å²) in [6.45, 7) is 12.9. The quantitative estimate of drug-likeness (QED) is 0.783. The predicted molar refractivity (Wildman–Crippen MR) is 108 cm³/mol. The number of piperidine rings is 1. The van der Waals surface area contributed by atoms with Gasteiger partial charge in [-0.3, -0.25) is 0 Å². The lowest BCUT2D eigenvalue weighted by Gasteiger charge is -2.35. The highest BCUT2D eigenvalue weighted by molar-refractivity contribution is 5.68. The molecule has 0 bridgehead atoms. The summed E-state index contributed by atoms with van der Waals surface area (Å²) < 4.78 is 11.7. The van der Waals surface area contributed by atoms with Gasteiger partial charge in [0.05, 0.1) is 5.56 Å². The van der Waals surface area contributed by atoms with E-state index in [9.17, 15) is 4.79 Å². The van der Waals surface area contributed by atoms with Crippen molar-refractivity contribution in [2.24, 2.45) is 0 Å². The second-order valence-electron chi connectivity index (χ2n) is 8.70. The fourth-order valence-corrected chi connectivity index (χ4v) is 3.52. The molecule has 0 saturated carbocycles. The number of ether oxygens (including phenoxy) is 2. The maximum atomic E-state index is 12.2. The van der Waals surface area contributed by atoms with E-state index in [2.05, 4.69) is 26.8 Å². The van der Waals surface area contributed by atoms with E-state index in [1.54, 1.807) is 11.2 Å². The lowest BCUT2D eigenvalue weighted by atomic mass is 10.1. The third-order valence-electron chi connectivity index (χ3n) is 5.19. The summed E-state index contributed by atoms with van der Waals surface area (Å²) in [6.07, 6.45) is 2.93. The van der Waals surface area contributed by atoms with Crippen LogP contribution in [0, 0.1) is 6.92 Å². The van der Waals surface area contributed by atoms with Gasteiger partial charge in [-0.1, -0.05) is 0 Å². The van der Waals surface area contributed by atoms with Crippen LogP contribution < -0.4 is 9.64 Å². The molecule has 2 saturated heterocycles. The van der Waals surface area contributed by atoms with Gasteiger partial charge in [0.2, 0.25) is 5.88 Å². The van der Waals surface area contributed by atoms with Crippen molar-refractivity contribution in [3.8, 4) is 5.88 Å². The SMILES string of the molecule is Cc1c(OC2CCN(C(=O)OC(C)(C)C)CC2)ncnc1N1CCN(C)CC1. The minimum Gasteiger partial charge on any atom is -0.474 e. The second kappa shape index (κ2) is 8.51. The zero-order valence-corrected chi connectivity index (χ0v) is 17.8. The van der Waals surface area contributed by atoms with Crippen LogP contribution in [-0.2, 0) is 4.74 Å². The Morgan fingerprint density at radius 2 is 1.71 bits per heavy atom. The molecule has 3 heterocycles. The van der Waals surface area contributed by atoms with E-state index in [-0.39, 0.29) is 12.2 Å². The average Bonchev–Trinajstić information content (AvgIpc) is 2.63. The Hall–Kier alpha value is -2.09. The highest BCUT2D eigenvalue weighted by atomic mass is 16.6. The van der Waals surface area contributed by atoms with Crippen molar-refractivity contribution in [2.45, 2.75) is 52.2 Å². The number of carbonyl (C=O) groups excluding carboxylic acids is 1. The molecule has 0 spiro atoms. The Labute approximate surface area is 167 Å². The molecule has 156 valence electrons. The normalized spacial score (nSPS) is 19.6. The summed E-state index contributed by atoms with van der Waals surface area (Å²) >= 11 is 0. The highest BCUT2D eigenvalue weighted by Crippen LogP contribution is 2.27. The van der Waals surface area contributed by atoms with Gasteiger partial charge in [0.25, 0.3) is 0 Å². The number of likely N-dealkylation sites (tertiary alicyclic amines) is 1. The molecule has 0 unspecified atom stereocenters. The van der Waals surface area contributed by atoms with Crippen molar-refractivity contribution >= 4 is 11.9 Å². The number of aromatic nitrogens is 2. The lowest BCUT2D eigenvalue weighted by Crippen LogP contribution is -2.45. The van der Waals surface area contributed by atoms with E-state index in [0.717, 1.165) is 50.4 Å². The van der Waals surface area contributed by atoms with Crippen molar-refractivity contribution < 1.29 is 14.3 Å². The van der Waals surface area contributed by atoms with E-state index in [1.165, 1.54) is 0 Å². The van der Waals surface area contributed by atoms with Crippen molar-refractivity contribution in [3.05, 3.63) is 11.9 Å². The fourth-order valence-electron chi connectivity index (χ4n) is 3.52. The molecule has 0 aliphatic carbocycles. The van der Waals surface area contributed by atoms with Gasteiger partial charge < -0.3 is 24.2 Å². The molecule has 8 heteroatoms. The molecule has 3 rings (SSSR count). The first-order valence-corrected chi connectivity index (χ1v) is 10.1. The molecule has 2 aliphatic rings. The van der Waals surface area contributed by atoms with E-state index in [1.807, 2.05) is 27.7 Å². The zero-order valence-electron chi connectivity index (χ0n) is 17.8. The Kier molecular flexibility index (Phi) is 6.27. The smallest absolute Gasteiger partial charge is 0.410 e. The number of hydrogen-bond acceptors (Lipinski definition) is 7. The molecular weight excluding hydrogens is 358 g/mol. The first-order valence-electron chi connectivity index (χ1n) is 10.1. The standard InChI is InChI=1S/C20H33N5O3/c1-15-17(24-12-10-23(5)11-13-24)21-14-22-18(15)27-16-6-8-25(9-7-16)19(26)28-20(2,3)4/h14,16H,6-13H2,1-5H3. The molecular formula is C20H33N5O3. The third kappa shape index (κ3) is 5.25. The minimum atomic E-state index is -0.470. The van der Waals surface area contributed by atoms with Crippen molar-refractivity contribution in [3.63, 3.8) is 0 Å². The zero-order chi connectivity index (χ0) is 20.3.